The molecule has 2 rings (SSSR count). The first-order valence-electron chi connectivity index (χ1n) is 6.29. The van der Waals surface area contributed by atoms with Gasteiger partial charge in [-0.05, 0) is 31.2 Å². The first-order valence-corrected chi connectivity index (χ1v) is 7.27. The number of nitrogens with one attached hydrogen (secondary N) is 1. The van der Waals surface area contributed by atoms with Gasteiger partial charge in [-0.2, -0.15) is 0 Å². The number of benzene rings is 1. The van der Waals surface area contributed by atoms with E-state index in [1.165, 1.54) is 18.0 Å². The summed E-state index contributed by atoms with van der Waals surface area (Å²) in [7, 11) is 0. The molecule has 0 fully saturated rings. The van der Waals surface area contributed by atoms with E-state index in [2.05, 4.69) is 5.32 Å². The molecule has 1 unspecified atom stereocenters. The Balaban J connectivity index is 1.78. The molecule has 1 aromatic carbocycles. The first-order chi connectivity index (χ1) is 9.58. The van der Waals surface area contributed by atoms with Gasteiger partial charge in [0, 0.05) is 4.90 Å². The normalized spacial score (nSPS) is 13.7. The quantitative estimate of drug-likeness (QED) is 0.802. The monoisotopic (exact) mass is 291 g/mol. The first kappa shape index (κ1) is 14.7. The predicted octanol–water partition coefficient (Wildman–Crippen LogP) is 2.40. The van der Waals surface area contributed by atoms with Gasteiger partial charge in [-0.1, -0.05) is 18.2 Å². The van der Waals surface area contributed by atoms with Crippen LogP contribution in [0.1, 0.15) is 12.7 Å². The summed E-state index contributed by atoms with van der Waals surface area (Å²) >= 11 is 1.46. The maximum atomic E-state index is 11.8. The molecule has 1 heterocycles. The summed E-state index contributed by atoms with van der Waals surface area (Å²) < 4.78 is 5.15. The van der Waals surface area contributed by atoms with Gasteiger partial charge in [0.05, 0.1) is 18.6 Å². The van der Waals surface area contributed by atoms with E-state index in [-0.39, 0.29) is 12.5 Å². The van der Waals surface area contributed by atoms with Crippen molar-refractivity contribution in [2.75, 3.05) is 12.3 Å². The van der Waals surface area contributed by atoms with Gasteiger partial charge in [0.25, 0.3) is 0 Å². The van der Waals surface area contributed by atoms with Crippen molar-refractivity contribution in [3.05, 3.63) is 54.5 Å². The summed E-state index contributed by atoms with van der Waals surface area (Å²) in [6.07, 6.45) is 1.50. The highest BCUT2D eigenvalue weighted by Crippen LogP contribution is 2.20. The Morgan fingerprint density at radius 3 is 2.70 bits per heavy atom. The van der Waals surface area contributed by atoms with Crippen LogP contribution < -0.4 is 5.32 Å². The summed E-state index contributed by atoms with van der Waals surface area (Å²) in [5, 5.41) is 12.9. The minimum atomic E-state index is -1.20. The van der Waals surface area contributed by atoms with E-state index in [9.17, 15) is 9.90 Å². The fourth-order valence-electron chi connectivity index (χ4n) is 1.66. The number of amides is 1. The minimum Gasteiger partial charge on any atom is -0.466 e. The van der Waals surface area contributed by atoms with Crippen molar-refractivity contribution in [2.45, 2.75) is 17.4 Å². The van der Waals surface area contributed by atoms with Crippen molar-refractivity contribution in [2.24, 2.45) is 0 Å². The van der Waals surface area contributed by atoms with Crippen LogP contribution in [0.25, 0.3) is 0 Å². The Hall–Kier alpha value is -1.72. The van der Waals surface area contributed by atoms with Gasteiger partial charge in [0.2, 0.25) is 5.91 Å². The second-order valence-corrected chi connectivity index (χ2v) is 5.68. The van der Waals surface area contributed by atoms with E-state index in [0.29, 0.717) is 11.5 Å². The number of rotatable bonds is 6. The Labute approximate surface area is 122 Å². The Kier molecular flexibility index (Phi) is 4.87. The molecule has 2 aromatic rings. The highest BCUT2D eigenvalue weighted by molar-refractivity contribution is 8.00. The van der Waals surface area contributed by atoms with Crippen molar-refractivity contribution in [3.63, 3.8) is 0 Å². The number of aliphatic hydroxyl groups is 1. The van der Waals surface area contributed by atoms with Crippen LogP contribution in [0.2, 0.25) is 0 Å². The van der Waals surface area contributed by atoms with Crippen molar-refractivity contribution < 1.29 is 14.3 Å². The smallest absolute Gasteiger partial charge is 0.230 e. The largest absolute Gasteiger partial charge is 0.466 e. The third kappa shape index (κ3) is 4.15. The van der Waals surface area contributed by atoms with Crippen LogP contribution in [0.15, 0.2) is 58.0 Å². The number of furan rings is 1. The van der Waals surface area contributed by atoms with Gasteiger partial charge >= 0.3 is 0 Å². The maximum Gasteiger partial charge on any atom is 0.230 e. The summed E-state index contributed by atoms with van der Waals surface area (Å²) in [6.45, 7) is 1.73. The fourth-order valence-corrected chi connectivity index (χ4v) is 2.41. The van der Waals surface area contributed by atoms with Crippen LogP contribution in [-0.4, -0.2) is 23.3 Å². The molecule has 106 valence electrons. The van der Waals surface area contributed by atoms with Gasteiger partial charge in [-0.15, -0.1) is 11.8 Å². The molecular weight excluding hydrogens is 274 g/mol. The van der Waals surface area contributed by atoms with Crippen LogP contribution in [0, 0.1) is 0 Å². The van der Waals surface area contributed by atoms with E-state index in [4.69, 9.17) is 4.42 Å². The van der Waals surface area contributed by atoms with Crippen molar-refractivity contribution in [1.82, 2.24) is 5.32 Å². The molecule has 0 radical (unpaired) electrons. The second kappa shape index (κ2) is 6.63. The zero-order valence-electron chi connectivity index (χ0n) is 11.2. The number of carbonyl (C=O) groups excluding carboxylic acids is 1. The van der Waals surface area contributed by atoms with Crippen LogP contribution in [0.4, 0.5) is 0 Å². The van der Waals surface area contributed by atoms with Gasteiger partial charge in [0.1, 0.15) is 11.4 Å². The number of carbonyl (C=O) groups is 1. The molecule has 2 N–H and O–H groups in total. The molecule has 1 atom stereocenters. The third-order valence-corrected chi connectivity index (χ3v) is 3.81. The standard InChI is InChI=1S/C15H17NO3S/c1-15(18,13-8-5-9-19-13)11-16-14(17)10-20-12-6-3-2-4-7-12/h2-9,18H,10-11H2,1H3,(H,16,17). The van der Waals surface area contributed by atoms with Gasteiger partial charge in [0.15, 0.2) is 0 Å². The summed E-state index contributed by atoms with van der Waals surface area (Å²) in [4.78, 5) is 12.8. The van der Waals surface area contributed by atoms with E-state index >= 15 is 0 Å². The molecule has 5 heteroatoms. The minimum absolute atomic E-state index is 0.120. The molecule has 4 nitrogen and oxygen atoms in total. The summed E-state index contributed by atoms with van der Waals surface area (Å²) in [5.74, 6) is 0.636. The molecule has 0 spiro atoms. The van der Waals surface area contributed by atoms with Gasteiger partial charge < -0.3 is 14.8 Å². The molecule has 0 aliphatic rings. The molecule has 0 saturated heterocycles. The van der Waals surface area contributed by atoms with Crippen molar-refractivity contribution in [1.29, 1.82) is 0 Å². The lowest BCUT2D eigenvalue weighted by Crippen LogP contribution is -2.39. The molecule has 0 aliphatic heterocycles. The lowest BCUT2D eigenvalue weighted by Gasteiger charge is -2.21. The Morgan fingerprint density at radius 1 is 1.30 bits per heavy atom. The summed E-state index contributed by atoms with van der Waals surface area (Å²) in [6, 6.07) is 13.1. The highest BCUT2D eigenvalue weighted by Gasteiger charge is 2.26. The van der Waals surface area contributed by atoms with E-state index in [1.54, 1.807) is 19.1 Å². The second-order valence-electron chi connectivity index (χ2n) is 4.63. The van der Waals surface area contributed by atoms with Crippen LogP contribution in [0.3, 0.4) is 0 Å². The van der Waals surface area contributed by atoms with Crippen LogP contribution >= 0.6 is 11.8 Å². The van der Waals surface area contributed by atoms with Crippen LogP contribution in [-0.2, 0) is 10.4 Å². The van der Waals surface area contributed by atoms with Crippen molar-refractivity contribution >= 4 is 17.7 Å². The lowest BCUT2D eigenvalue weighted by atomic mass is 10.0. The molecule has 1 aromatic heterocycles. The van der Waals surface area contributed by atoms with Crippen molar-refractivity contribution in [3.8, 4) is 0 Å². The molecule has 20 heavy (non-hydrogen) atoms. The molecule has 1 amide bonds. The van der Waals surface area contributed by atoms with E-state index < -0.39 is 5.60 Å². The van der Waals surface area contributed by atoms with E-state index in [1.807, 2.05) is 30.3 Å². The van der Waals surface area contributed by atoms with E-state index in [0.717, 1.165) is 4.90 Å². The molecular formula is C15H17NO3S. The fraction of sp³-hybridized carbons (Fsp3) is 0.267. The number of hydrogen-bond acceptors (Lipinski definition) is 4. The Bertz CT molecular complexity index is 538. The lowest BCUT2D eigenvalue weighted by molar-refractivity contribution is -0.119. The average Bonchev–Trinajstić information content (AvgIpc) is 2.99. The molecule has 0 aliphatic carbocycles. The average molecular weight is 291 g/mol. The zero-order chi connectivity index (χ0) is 14.4. The molecule has 0 bridgehead atoms. The van der Waals surface area contributed by atoms with Gasteiger partial charge in [-0.3, -0.25) is 4.79 Å². The summed E-state index contributed by atoms with van der Waals surface area (Å²) in [5.41, 5.74) is -1.20. The molecule has 0 saturated carbocycles. The highest BCUT2D eigenvalue weighted by atomic mass is 32.2. The number of hydrogen-bond donors (Lipinski definition) is 2. The maximum absolute atomic E-state index is 11.8. The Morgan fingerprint density at radius 2 is 2.05 bits per heavy atom. The number of thioether (sulfide) groups is 1. The topological polar surface area (TPSA) is 62.5 Å². The predicted molar refractivity (Wildman–Crippen MR) is 78.5 cm³/mol. The SMILES string of the molecule is CC(O)(CNC(=O)CSc1ccccc1)c1ccco1. The van der Waals surface area contributed by atoms with Crippen LogP contribution in [0.5, 0.6) is 0 Å². The zero-order valence-corrected chi connectivity index (χ0v) is 12.0. The third-order valence-electron chi connectivity index (χ3n) is 2.79. The van der Waals surface area contributed by atoms with Gasteiger partial charge in [-0.25, -0.2) is 0 Å².